The lowest BCUT2D eigenvalue weighted by Crippen LogP contribution is -2.10. The maximum Gasteiger partial charge on any atom is 0.199 e. The first kappa shape index (κ1) is 15.2. The number of ketones is 1. The molecule has 2 aromatic rings. The van der Waals surface area contributed by atoms with Crippen LogP contribution in [0.1, 0.15) is 21.5 Å². The molecule has 0 unspecified atom stereocenters. The minimum absolute atomic E-state index is 0.0448. The molecule has 0 bridgehead atoms. The van der Waals surface area contributed by atoms with Crippen LogP contribution < -0.4 is 4.74 Å². The van der Waals surface area contributed by atoms with E-state index in [0.717, 1.165) is 5.56 Å². The molecule has 0 atom stereocenters. The SMILES string of the molecule is COCCOc1ccccc1C(=O)c1ccc(C)cc1F. The van der Waals surface area contributed by atoms with Crippen molar-refractivity contribution >= 4 is 5.78 Å². The molecule has 0 aliphatic heterocycles. The molecule has 2 aromatic carbocycles. The number of benzene rings is 2. The number of carbonyl (C=O) groups excluding carboxylic acids is 1. The predicted molar refractivity (Wildman–Crippen MR) is 78.4 cm³/mol. The molecule has 0 radical (unpaired) electrons. The van der Waals surface area contributed by atoms with Crippen molar-refractivity contribution in [2.45, 2.75) is 6.92 Å². The summed E-state index contributed by atoms with van der Waals surface area (Å²) in [5.41, 5.74) is 1.16. The van der Waals surface area contributed by atoms with Crippen LogP contribution in [0.5, 0.6) is 5.75 Å². The van der Waals surface area contributed by atoms with E-state index in [0.29, 0.717) is 24.5 Å². The van der Waals surface area contributed by atoms with Gasteiger partial charge >= 0.3 is 0 Å². The zero-order valence-electron chi connectivity index (χ0n) is 12.1. The maximum atomic E-state index is 13.9. The molecule has 21 heavy (non-hydrogen) atoms. The average Bonchev–Trinajstić information content (AvgIpc) is 2.47. The van der Waals surface area contributed by atoms with Gasteiger partial charge < -0.3 is 9.47 Å². The zero-order valence-corrected chi connectivity index (χ0v) is 12.1. The first-order valence-electron chi connectivity index (χ1n) is 6.65. The summed E-state index contributed by atoms with van der Waals surface area (Å²) in [6.45, 7) is 2.53. The van der Waals surface area contributed by atoms with Gasteiger partial charge in [0.2, 0.25) is 0 Å². The Morgan fingerprint density at radius 2 is 1.86 bits per heavy atom. The van der Waals surface area contributed by atoms with Crippen molar-refractivity contribution in [3.05, 3.63) is 65.0 Å². The lowest BCUT2D eigenvalue weighted by molar-refractivity contribution is 0.102. The molecule has 0 amide bonds. The van der Waals surface area contributed by atoms with Crippen molar-refractivity contribution in [3.63, 3.8) is 0 Å². The van der Waals surface area contributed by atoms with Gasteiger partial charge in [-0.3, -0.25) is 4.79 Å². The molecular weight excluding hydrogens is 271 g/mol. The number of carbonyl (C=O) groups is 1. The standard InChI is InChI=1S/C17H17FO3/c1-12-7-8-13(15(18)11-12)17(19)14-5-3-4-6-16(14)21-10-9-20-2/h3-8,11H,9-10H2,1-2H3. The van der Waals surface area contributed by atoms with Gasteiger partial charge in [-0.1, -0.05) is 18.2 Å². The molecule has 0 saturated heterocycles. The number of ether oxygens (including phenoxy) is 2. The Labute approximate surface area is 123 Å². The highest BCUT2D eigenvalue weighted by Gasteiger charge is 2.17. The summed E-state index contributed by atoms with van der Waals surface area (Å²) in [4.78, 5) is 12.5. The second-order valence-corrected chi connectivity index (χ2v) is 4.65. The van der Waals surface area contributed by atoms with E-state index >= 15 is 0 Å². The van der Waals surface area contributed by atoms with Gasteiger partial charge in [0, 0.05) is 7.11 Å². The van der Waals surface area contributed by atoms with E-state index in [2.05, 4.69) is 0 Å². The van der Waals surface area contributed by atoms with Crippen LogP contribution in [0, 0.1) is 12.7 Å². The highest BCUT2D eigenvalue weighted by atomic mass is 19.1. The third-order valence-electron chi connectivity index (χ3n) is 3.05. The van der Waals surface area contributed by atoms with Gasteiger partial charge in [-0.05, 0) is 36.8 Å². The van der Waals surface area contributed by atoms with E-state index in [1.807, 2.05) is 0 Å². The normalized spacial score (nSPS) is 10.4. The molecule has 2 rings (SSSR count). The lowest BCUT2D eigenvalue weighted by atomic mass is 10.0. The van der Waals surface area contributed by atoms with Gasteiger partial charge in [0.05, 0.1) is 17.7 Å². The van der Waals surface area contributed by atoms with Gasteiger partial charge in [-0.2, -0.15) is 0 Å². The Hall–Kier alpha value is -2.20. The molecule has 0 heterocycles. The minimum atomic E-state index is -0.522. The van der Waals surface area contributed by atoms with Crippen LogP contribution in [-0.4, -0.2) is 26.1 Å². The largest absolute Gasteiger partial charge is 0.490 e. The Morgan fingerprint density at radius 1 is 1.10 bits per heavy atom. The van der Waals surface area contributed by atoms with Crippen LogP contribution in [0.3, 0.4) is 0 Å². The Morgan fingerprint density at radius 3 is 2.57 bits per heavy atom. The smallest absolute Gasteiger partial charge is 0.199 e. The van der Waals surface area contributed by atoms with Crippen molar-refractivity contribution in [2.24, 2.45) is 0 Å². The highest BCUT2D eigenvalue weighted by Crippen LogP contribution is 2.23. The molecule has 0 fully saturated rings. The Bertz CT molecular complexity index is 638. The van der Waals surface area contributed by atoms with Crippen LogP contribution in [0.2, 0.25) is 0 Å². The minimum Gasteiger partial charge on any atom is -0.490 e. The molecule has 0 aliphatic rings. The fourth-order valence-electron chi connectivity index (χ4n) is 1.96. The fourth-order valence-corrected chi connectivity index (χ4v) is 1.96. The van der Waals surface area contributed by atoms with E-state index in [9.17, 15) is 9.18 Å². The summed E-state index contributed by atoms with van der Waals surface area (Å²) in [5, 5.41) is 0. The number of methoxy groups -OCH3 is 1. The van der Waals surface area contributed by atoms with Crippen molar-refractivity contribution in [1.29, 1.82) is 0 Å². The summed E-state index contributed by atoms with van der Waals surface area (Å²) in [6, 6.07) is 11.4. The van der Waals surface area contributed by atoms with Gasteiger partial charge in [0.25, 0.3) is 0 Å². The molecule has 3 nitrogen and oxygen atoms in total. The van der Waals surface area contributed by atoms with Gasteiger partial charge in [0.15, 0.2) is 5.78 Å². The summed E-state index contributed by atoms with van der Waals surface area (Å²) in [7, 11) is 1.57. The number of hydrogen-bond donors (Lipinski definition) is 0. The molecule has 110 valence electrons. The van der Waals surface area contributed by atoms with Crippen LogP contribution in [0.4, 0.5) is 4.39 Å². The number of aryl methyl sites for hydroxylation is 1. The van der Waals surface area contributed by atoms with Crippen LogP contribution >= 0.6 is 0 Å². The van der Waals surface area contributed by atoms with E-state index in [4.69, 9.17) is 9.47 Å². The zero-order chi connectivity index (χ0) is 15.2. The monoisotopic (exact) mass is 288 g/mol. The third kappa shape index (κ3) is 3.67. The summed E-state index contributed by atoms with van der Waals surface area (Å²) >= 11 is 0. The lowest BCUT2D eigenvalue weighted by Gasteiger charge is -2.11. The molecule has 0 aliphatic carbocycles. The fraction of sp³-hybridized carbons (Fsp3) is 0.235. The molecule has 0 N–H and O–H groups in total. The third-order valence-corrected chi connectivity index (χ3v) is 3.05. The van der Waals surface area contributed by atoms with Crippen LogP contribution in [0.25, 0.3) is 0 Å². The number of para-hydroxylation sites is 1. The van der Waals surface area contributed by atoms with Crippen LogP contribution in [0.15, 0.2) is 42.5 Å². The summed E-state index contributed by atoms with van der Waals surface area (Å²) < 4.78 is 24.4. The molecular formula is C17H17FO3. The quantitative estimate of drug-likeness (QED) is 0.604. The highest BCUT2D eigenvalue weighted by molar-refractivity contribution is 6.10. The number of hydrogen-bond acceptors (Lipinski definition) is 3. The topological polar surface area (TPSA) is 35.5 Å². The van der Waals surface area contributed by atoms with Crippen molar-refractivity contribution in [1.82, 2.24) is 0 Å². The molecule has 4 heteroatoms. The van der Waals surface area contributed by atoms with E-state index < -0.39 is 5.82 Å². The van der Waals surface area contributed by atoms with E-state index in [-0.39, 0.29) is 11.3 Å². The Balaban J connectivity index is 2.30. The molecule has 0 spiro atoms. The first-order valence-corrected chi connectivity index (χ1v) is 6.65. The van der Waals surface area contributed by atoms with Gasteiger partial charge in [0.1, 0.15) is 18.2 Å². The van der Waals surface area contributed by atoms with Gasteiger partial charge in [-0.15, -0.1) is 0 Å². The van der Waals surface area contributed by atoms with E-state index in [1.54, 1.807) is 44.4 Å². The number of rotatable bonds is 6. The molecule has 0 aromatic heterocycles. The van der Waals surface area contributed by atoms with Gasteiger partial charge in [-0.25, -0.2) is 4.39 Å². The van der Waals surface area contributed by atoms with Crippen LogP contribution in [-0.2, 0) is 4.74 Å². The Kier molecular flexibility index (Phi) is 5.06. The summed E-state index contributed by atoms with van der Waals surface area (Å²) in [5.74, 6) is -0.480. The number of halogens is 1. The first-order chi connectivity index (χ1) is 10.1. The second-order valence-electron chi connectivity index (χ2n) is 4.65. The van der Waals surface area contributed by atoms with Crippen molar-refractivity contribution < 1.29 is 18.7 Å². The van der Waals surface area contributed by atoms with Crippen molar-refractivity contribution in [2.75, 3.05) is 20.3 Å². The van der Waals surface area contributed by atoms with Crippen molar-refractivity contribution in [3.8, 4) is 5.75 Å². The second kappa shape index (κ2) is 6.99. The molecule has 0 saturated carbocycles. The van der Waals surface area contributed by atoms with E-state index in [1.165, 1.54) is 12.1 Å². The predicted octanol–water partition coefficient (Wildman–Crippen LogP) is 3.39. The summed E-state index contributed by atoms with van der Waals surface area (Å²) in [6.07, 6.45) is 0. The maximum absolute atomic E-state index is 13.9. The average molecular weight is 288 g/mol.